The van der Waals surface area contributed by atoms with E-state index in [2.05, 4.69) is 11.2 Å². The van der Waals surface area contributed by atoms with Gasteiger partial charge in [-0.15, -0.1) is 0 Å². The fraction of sp³-hybridized carbons (Fsp3) is 0.462. The Morgan fingerprint density at radius 1 is 1.42 bits per heavy atom. The Morgan fingerprint density at radius 2 is 2.16 bits per heavy atom. The van der Waals surface area contributed by atoms with E-state index in [0.717, 1.165) is 18.9 Å². The van der Waals surface area contributed by atoms with Crippen LogP contribution in [0.15, 0.2) is 12.1 Å². The van der Waals surface area contributed by atoms with Crippen LogP contribution in [0.5, 0.6) is 0 Å². The van der Waals surface area contributed by atoms with Crippen LogP contribution >= 0.6 is 24.0 Å². The van der Waals surface area contributed by atoms with Gasteiger partial charge in [-0.1, -0.05) is 6.42 Å². The van der Waals surface area contributed by atoms with Crippen LogP contribution in [0.3, 0.4) is 0 Å². The third kappa shape index (κ3) is 2.01. The van der Waals surface area contributed by atoms with Gasteiger partial charge in [0.15, 0.2) is 16.4 Å². The summed E-state index contributed by atoms with van der Waals surface area (Å²) in [5.74, 6) is -1.65. The topological polar surface area (TPSA) is 20.7 Å². The molecule has 0 radical (unpaired) electrons. The van der Waals surface area contributed by atoms with E-state index < -0.39 is 11.6 Å². The van der Waals surface area contributed by atoms with Crippen LogP contribution in [0.4, 0.5) is 8.78 Å². The number of rotatable bonds is 3. The Hall–Kier alpha value is -0.880. The molecule has 1 aliphatic carbocycles. The summed E-state index contributed by atoms with van der Waals surface area (Å²) in [6, 6.07) is 2.66. The Morgan fingerprint density at radius 3 is 2.74 bits per heavy atom. The largest absolute Gasteiger partial charge is 0.330 e. The average molecular weight is 300 g/mol. The van der Waals surface area contributed by atoms with Crippen molar-refractivity contribution in [3.05, 3.63) is 28.5 Å². The lowest BCUT2D eigenvalue weighted by Gasteiger charge is -2.40. The van der Waals surface area contributed by atoms with Crippen molar-refractivity contribution in [2.75, 3.05) is 6.26 Å². The molecule has 1 aromatic heterocycles. The molecule has 0 atom stereocenters. The van der Waals surface area contributed by atoms with E-state index in [9.17, 15) is 8.78 Å². The lowest BCUT2D eigenvalue weighted by atomic mass is 9.84. The van der Waals surface area contributed by atoms with Crippen molar-refractivity contribution in [1.82, 2.24) is 9.55 Å². The summed E-state index contributed by atoms with van der Waals surface area (Å²) in [4.78, 5) is 2.95. The van der Waals surface area contributed by atoms with Crippen molar-refractivity contribution in [3.8, 4) is 0 Å². The molecule has 6 heteroatoms. The molecule has 1 fully saturated rings. The lowest BCUT2D eigenvalue weighted by molar-refractivity contribution is 0.322. The van der Waals surface area contributed by atoms with Gasteiger partial charge in [-0.05, 0) is 43.4 Å². The number of hydrogen-bond acceptors (Lipinski definition) is 2. The fourth-order valence-corrected chi connectivity index (χ4v) is 3.85. The number of nitrogens with one attached hydrogen (secondary N) is 1. The molecule has 0 spiro atoms. The van der Waals surface area contributed by atoms with Crippen molar-refractivity contribution in [2.24, 2.45) is 0 Å². The number of fused-ring (bicyclic) bond motifs is 1. The third-order valence-corrected chi connectivity index (χ3v) is 5.70. The highest BCUT2D eigenvalue weighted by molar-refractivity contribution is 8.00. The van der Waals surface area contributed by atoms with Crippen molar-refractivity contribution in [1.29, 1.82) is 0 Å². The number of thioether (sulfide) groups is 1. The molecule has 102 valence electrons. The summed E-state index contributed by atoms with van der Waals surface area (Å²) >= 11 is 7.04. The van der Waals surface area contributed by atoms with Crippen LogP contribution in [-0.2, 0) is 6.54 Å². The maximum absolute atomic E-state index is 14.0. The van der Waals surface area contributed by atoms with E-state index in [1.165, 1.54) is 12.5 Å². The van der Waals surface area contributed by atoms with Gasteiger partial charge in [0, 0.05) is 11.3 Å². The number of nitrogens with zero attached hydrogens (tertiary/aromatic N) is 1. The zero-order valence-corrected chi connectivity index (χ0v) is 12.1. The SMILES string of the molecule is CSC1(Cn2c(=S)[nH]c3ccc(F)c(F)c32)CCC1. The van der Waals surface area contributed by atoms with E-state index in [-0.39, 0.29) is 10.3 Å². The molecule has 0 unspecified atom stereocenters. The molecular weight excluding hydrogens is 286 g/mol. The van der Waals surface area contributed by atoms with Crippen LogP contribution in [0, 0.1) is 16.4 Å². The number of aromatic amines is 1. The average Bonchev–Trinajstić information content (AvgIpc) is 2.66. The third-order valence-electron chi connectivity index (χ3n) is 3.97. The number of imidazole rings is 1. The summed E-state index contributed by atoms with van der Waals surface area (Å²) in [5.41, 5.74) is 0.810. The molecule has 1 heterocycles. The summed E-state index contributed by atoms with van der Waals surface area (Å²) in [5, 5.41) is 0. The minimum absolute atomic E-state index is 0.117. The predicted octanol–water partition coefficient (Wildman–Crippen LogP) is 4.26. The van der Waals surface area contributed by atoms with Crippen molar-refractivity contribution < 1.29 is 8.78 Å². The van der Waals surface area contributed by atoms with E-state index >= 15 is 0 Å². The number of H-pyrrole nitrogens is 1. The van der Waals surface area contributed by atoms with Crippen molar-refractivity contribution in [2.45, 2.75) is 30.6 Å². The molecule has 3 rings (SSSR count). The summed E-state index contributed by atoms with van der Waals surface area (Å²) in [6.07, 6.45) is 5.45. The summed E-state index contributed by atoms with van der Waals surface area (Å²) < 4.78 is 29.7. The highest BCUT2D eigenvalue weighted by Gasteiger charge is 2.37. The Labute approximate surface area is 119 Å². The molecule has 0 bridgehead atoms. The molecular formula is C13H14F2N2S2. The van der Waals surface area contributed by atoms with Gasteiger partial charge in [-0.3, -0.25) is 0 Å². The maximum Gasteiger partial charge on any atom is 0.184 e. The molecule has 0 aliphatic heterocycles. The second-order valence-corrected chi connectivity index (χ2v) is 6.68. The first-order valence-electron chi connectivity index (χ1n) is 6.18. The van der Waals surface area contributed by atoms with Crippen molar-refractivity contribution in [3.63, 3.8) is 0 Å². The second kappa shape index (κ2) is 4.59. The van der Waals surface area contributed by atoms with Crippen LogP contribution in [0.1, 0.15) is 19.3 Å². The standard InChI is InChI=1S/C13H14F2N2S2/c1-19-13(5-2-6-13)7-17-11-9(16-12(17)18)4-3-8(14)10(11)15/h3-4H,2,5-7H2,1H3,(H,16,18). The van der Waals surface area contributed by atoms with Crippen LogP contribution in [-0.4, -0.2) is 20.6 Å². The van der Waals surface area contributed by atoms with E-state index in [1.807, 2.05) is 0 Å². The molecule has 1 aromatic carbocycles. The zero-order valence-electron chi connectivity index (χ0n) is 10.5. The van der Waals surface area contributed by atoms with Gasteiger partial charge in [0.2, 0.25) is 0 Å². The fourth-order valence-electron chi connectivity index (χ4n) is 2.63. The maximum atomic E-state index is 14.0. The van der Waals surface area contributed by atoms with Gasteiger partial charge in [0.1, 0.15) is 5.52 Å². The van der Waals surface area contributed by atoms with Gasteiger partial charge in [0.05, 0.1) is 5.52 Å². The Kier molecular flexibility index (Phi) is 3.17. The van der Waals surface area contributed by atoms with E-state index in [4.69, 9.17) is 12.2 Å². The van der Waals surface area contributed by atoms with Gasteiger partial charge in [-0.2, -0.15) is 11.8 Å². The molecule has 1 N–H and O–H groups in total. The van der Waals surface area contributed by atoms with Crippen molar-refractivity contribution >= 4 is 35.0 Å². The number of hydrogen-bond donors (Lipinski definition) is 1. The highest BCUT2D eigenvalue weighted by atomic mass is 32.2. The smallest absolute Gasteiger partial charge is 0.184 e. The normalized spacial score (nSPS) is 17.6. The van der Waals surface area contributed by atoms with Gasteiger partial charge < -0.3 is 9.55 Å². The number of halogens is 2. The Bertz CT molecular complexity index is 680. The number of aromatic nitrogens is 2. The first kappa shape index (κ1) is 13.1. The quantitative estimate of drug-likeness (QED) is 0.855. The second-order valence-electron chi connectivity index (χ2n) is 5.01. The van der Waals surface area contributed by atoms with Crippen LogP contribution < -0.4 is 0 Å². The van der Waals surface area contributed by atoms with Gasteiger partial charge >= 0.3 is 0 Å². The van der Waals surface area contributed by atoms with Gasteiger partial charge in [-0.25, -0.2) is 8.78 Å². The molecule has 2 nitrogen and oxygen atoms in total. The molecule has 19 heavy (non-hydrogen) atoms. The minimum Gasteiger partial charge on any atom is -0.330 e. The molecule has 2 aromatic rings. The highest BCUT2D eigenvalue weighted by Crippen LogP contribution is 2.44. The zero-order chi connectivity index (χ0) is 13.6. The summed E-state index contributed by atoms with van der Waals surface area (Å²) in [7, 11) is 0. The predicted molar refractivity (Wildman–Crippen MR) is 77.1 cm³/mol. The Balaban J connectivity index is 2.15. The molecule has 0 amide bonds. The first-order valence-corrected chi connectivity index (χ1v) is 7.81. The lowest BCUT2D eigenvalue weighted by Crippen LogP contribution is -2.37. The molecule has 1 aliphatic rings. The van der Waals surface area contributed by atoms with Crippen LogP contribution in [0.2, 0.25) is 0 Å². The van der Waals surface area contributed by atoms with Gasteiger partial charge in [0.25, 0.3) is 0 Å². The minimum atomic E-state index is -0.831. The summed E-state index contributed by atoms with van der Waals surface area (Å²) in [6.45, 7) is 0.632. The van der Waals surface area contributed by atoms with Crippen LogP contribution in [0.25, 0.3) is 11.0 Å². The first-order chi connectivity index (χ1) is 9.06. The van der Waals surface area contributed by atoms with E-state index in [0.29, 0.717) is 16.8 Å². The molecule has 0 saturated heterocycles. The van der Waals surface area contributed by atoms with E-state index in [1.54, 1.807) is 16.3 Å². The number of benzene rings is 1. The monoisotopic (exact) mass is 300 g/mol. The molecule has 1 saturated carbocycles.